The van der Waals surface area contributed by atoms with Crippen LogP contribution in [0.15, 0.2) is 12.1 Å². The molecule has 0 aliphatic carbocycles. The van der Waals surface area contributed by atoms with E-state index in [1.54, 1.807) is 0 Å². The molecule has 1 aromatic heterocycles. The van der Waals surface area contributed by atoms with Crippen molar-refractivity contribution in [3.05, 3.63) is 23.5 Å². The normalized spacial score (nSPS) is 10.6. The van der Waals surface area contributed by atoms with Crippen molar-refractivity contribution >= 4 is 5.91 Å². The van der Waals surface area contributed by atoms with E-state index in [0.29, 0.717) is 13.0 Å². The van der Waals surface area contributed by atoms with Crippen molar-refractivity contribution in [1.29, 1.82) is 0 Å². The van der Waals surface area contributed by atoms with Crippen LogP contribution in [0.3, 0.4) is 0 Å². The Kier molecular flexibility index (Phi) is 4.40. The van der Waals surface area contributed by atoms with E-state index in [2.05, 4.69) is 22.9 Å². The molecule has 4 heteroatoms. The molecule has 90 valence electrons. The van der Waals surface area contributed by atoms with Crippen molar-refractivity contribution in [2.45, 2.75) is 40.2 Å². The van der Waals surface area contributed by atoms with Gasteiger partial charge in [0.2, 0.25) is 5.91 Å². The van der Waals surface area contributed by atoms with Crippen molar-refractivity contribution in [2.75, 3.05) is 12.0 Å². The first kappa shape index (κ1) is 12.6. The Morgan fingerprint density at radius 2 is 1.88 bits per heavy atom. The predicted molar refractivity (Wildman–Crippen MR) is 66.0 cm³/mol. The molecule has 0 aliphatic heterocycles. The third-order valence-corrected chi connectivity index (χ3v) is 2.34. The zero-order chi connectivity index (χ0) is 12.1. The molecular weight excluding hydrogens is 202 g/mol. The van der Waals surface area contributed by atoms with Crippen LogP contribution in [0.2, 0.25) is 0 Å². The number of nitrogens with one attached hydrogen (secondary N) is 2. The molecule has 0 aliphatic rings. The van der Waals surface area contributed by atoms with E-state index >= 15 is 0 Å². The second-order valence-electron chi connectivity index (χ2n) is 4.33. The van der Waals surface area contributed by atoms with E-state index in [1.807, 2.05) is 32.4 Å². The number of aromatic nitrogens is 1. The molecule has 4 nitrogen and oxygen atoms in total. The summed E-state index contributed by atoms with van der Waals surface area (Å²) in [6.45, 7) is 8.65. The van der Waals surface area contributed by atoms with Gasteiger partial charge in [-0.2, -0.15) is 0 Å². The lowest BCUT2D eigenvalue weighted by Gasteiger charge is -2.13. The van der Waals surface area contributed by atoms with Crippen LogP contribution in [0.1, 0.15) is 31.7 Å². The van der Waals surface area contributed by atoms with Crippen LogP contribution in [-0.2, 0) is 4.79 Å². The highest BCUT2D eigenvalue weighted by molar-refractivity contribution is 5.76. The van der Waals surface area contributed by atoms with E-state index in [9.17, 15) is 4.79 Å². The molecule has 1 rings (SSSR count). The molecule has 0 spiro atoms. The fourth-order valence-electron chi connectivity index (χ4n) is 1.59. The van der Waals surface area contributed by atoms with Gasteiger partial charge in [-0.15, -0.1) is 0 Å². The monoisotopic (exact) mass is 223 g/mol. The Morgan fingerprint density at radius 3 is 2.38 bits per heavy atom. The first-order valence-electron chi connectivity index (χ1n) is 5.69. The quantitative estimate of drug-likeness (QED) is 0.796. The molecule has 0 bridgehead atoms. The lowest BCUT2D eigenvalue weighted by atomic mass is 10.3. The van der Waals surface area contributed by atoms with Crippen LogP contribution in [0.4, 0.5) is 0 Å². The molecule has 1 amide bonds. The summed E-state index contributed by atoms with van der Waals surface area (Å²) >= 11 is 0. The van der Waals surface area contributed by atoms with Crippen LogP contribution in [-0.4, -0.2) is 23.2 Å². The maximum atomic E-state index is 11.4. The highest BCUT2D eigenvalue weighted by Crippen LogP contribution is 2.03. The summed E-state index contributed by atoms with van der Waals surface area (Å²) in [6, 6.07) is 4.31. The maximum absolute atomic E-state index is 11.4. The lowest BCUT2D eigenvalue weighted by Crippen LogP contribution is -2.32. The van der Waals surface area contributed by atoms with Gasteiger partial charge < -0.3 is 10.7 Å². The van der Waals surface area contributed by atoms with Crippen molar-refractivity contribution in [3.63, 3.8) is 0 Å². The number of rotatable bonds is 5. The summed E-state index contributed by atoms with van der Waals surface area (Å²) in [6.07, 6.45) is 0.495. The van der Waals surface area contributed by atoms with Gasteiger partial charge in [-0.1, -0.05) is 0 Å². The molecule has 0 saturated heterocycles. The smallest absolute Gasteiger partial charge is 0.222 e. The number of aryl methyl sites for hydroxylation is 2. The zero-order valence-corrected chi connectivity index (χ0v) is 10.5. The van der Waals surface area contributed by atoms with Crippen LogP contribution < -0.4 is 10.7 Å². The second-order valence-corrected chi connectivity index (χ2v) is 4.33. The number of carbonyl (C=O) groups excluding carboxylic acids is 1. The van der Waals surface area contributed by atoms with Crippen molar-refractivity contribution in [1.82, 2.24) is 9.99 Å². The number of amides is 1. The van der Waals surface area contributed by atoms with Crippen molar-refractivity contribution in [3.8, 4) is 0 Å². The number of nitrogens with zero attached hydrogens (tertiary/aromatic N) is 1. The minimum atomic E-state index is 0.0879. The van der Waals surface area contributed by atoms with Gasteiger partial charge in [0.1, 0.15) is 0 Å². The van der Waals surface area contributed by atoms with E-state index in [1.165, 1.54) is 0 Å². The summed E-state index contributed by atoms with van der Waals surface area (Å²) in [5.41, 5.74) is 5.53. The third-order valence-electron chi connectivity index (χ3n) is 2.34. The lowest BCUT2D eigenvalue weighted by molar-refractivity contribution is -0.121. The zero-order valence-electron chi connectivity index (χ0n) is 10.5. The molecular formula is C12H21N3O. The minimum absolute atomic E-state index is 0.0879. The molecule has 2 N–H and O–H groups in total. The Bertz CT molecular complexity index is 336. The molecule has 0 aromatic carbocycles. The number of hydrogen-bond donors (Lipinski definition) is 2. The highest BCUT2D eigenvalue weighted by atomic mass is 16.1. The van der Waals surface area contributed by atoms with Gasteiger partial charge in [0, 0.05) is 30.4 Å². The summed E-state index contributed by atoms with van der Waals surface area (Å²) in [5.74, 6) is 0.0879. The highest BCUT2D eigenvalue weighted by Gasteiger charge is 2.04. The van der Waals surface area contributed by atoms with Crippen molar-refractivity contribution < 1.29 is 4.79 Å². The van der Waals surface area contributed by atoms with Crippen LogP contribution in [0.25, 0.3) is 0 Å². The first-order valence-corrected chi connectivity index (χ1v) is 5.69. The van der Waals surface area contributed by atoms with E-state index in [4.69, 9.17) is 0 Å². The van der Waals surface area contributed by atoms with Gasteiger partial charge in [-0.3, -0.25) is 9.47 Å². The fourth-order valence-corrected chi connectivity index (χ4v) is 1.59. The van der Waals surface area contributed by atoms with Crippen LogP contribution >= 0.6 is 0 Å². The molecule has 1 heterocycles. The largest absolute Gasteiger partial charge is 0.354 e. The van der Waals surface area contributed by atoms with Gasteiger partial charge in [0.05, 0.1) is 0 Å². The van der Waals surface area contributed by atoms with Gasteiger partial charge >= 0.3 is 0 Å². The van der Waals surface area contributed by atoms with E-state index in [0.717, 1.165) is 11.4 Å². The average molecular weight is 223 g/mol. The van der Waals surface area contributed by atoms with Gasteiger partial charge in [-0.25, -0.2) is 0 Å². The SMILES string of the molecule is Cc1ccc(C)n1NCCC(=O)NC(C)C. The van der Waals surface area contributed by atoms with Gasteiger partial charge in [0.15, 0.2) is 0 Å². The second kappa shape index (κ2) is 5.58. The maximum Gasteiger partial charge on any atom is 0.222 e. The summed E-state index contributed by atoms with van der Waals surface area (Å²) < 4.78 is 2.00. The summed E-state index contributed by atoms with van der Waals surface area (Å²) in [4.78, 5) is 11.4. The Balaban J connectivity index is 2.33. The van der Waals surface area contributed by atoms with Crippen LogP contribution in [0, 0.1) is 13.8 Å². The molecule has 16 heavy (non-hydrogen) atoms. The molecule has 0 radical (unpaired) electrons. The molecule has 0 atom stereocenters. The van der Waals surface area contributed by atoms with E-state index < -0.39 is 0 Å². The summed E-state index contributed by atoms with van der Waals surface area (Å²) in [5, 5.41) is 2.86. The predicted octanol–water partition coefficient (Wildman–Crippen LogP) is 1.56. The Hall–Kier alpha value is -1.45. The topological polar surface area (TPSA) is 46.1 Å². The number of carbonyl (C=O) groups is 1. The van der Waals surface area contributed by atoms with Gasteiger partial charge in [0.25, 0.3) is 0 Å². The van der Waals surface area contributed by atoms with E-state index in [-0.39, 0.29) is 11.9 Å². The standard InChI is InChI=1S/C12H21N3O/c1-9(2)14-12(16)7-8-13-15-10(3)5-6-11(15)4/h5-6,9,13H,7-8H2,1-4H3,(H,14,16). The first-order chi connectivity index (χ1) is 7.50. The molecule has 0 saturated carbocycles. The molecule has 0 unspecified atom stereocenters. The summed E-state index contributed by atoms with van der Waals surface area (Å²) in [7, 11) is 0. The average Bonchev–Trinajstić information content (AvgIpc) is 2.47. The third kappa shape index (κ3) is 3.61. The van der Waals surface area contributed by atoms with Crippen LogP contribution in [0.5, 0.6) is 0 Å². The van der Waals surface area contributed by atoms with Gasteiger partial charge in [-0.05, 0) is 39.8 Å². The fraction of sp³-hybridized carbons (Fsp3) is 0.583. The molecule has 0 fully saturated rings. The Labute approximate surface area is 97.0 Å². The Morgan fingerprint density at radius 1 is 1.31 bits per heavy atom. The molecule has 1 aromatic rings. The number of hydrogen-bond acceptors (Lipinski definition) is 2. The minimum Gasteiger partial charge on any atom is -0.354 e. The van der Waals surface area contributed by atoms with Crippen molar-refractivity contribution in [2.24, 2.45) is 0 Å².